The van der Waals surface area contributed by atoms with Crippen LogP contribution in [-0.2, 0) is 6.54 Å². The zero-order valence-corrected chi connectivity index (χ0v) is 18.8. The first-order valence-corrected chi connectivity index (χ1v) is 11.6. The van der Waals surface area contributed by atoms with E-state index in [0.29, 0.717) is 23.2 Å². The Balaban J connectivity index is 1.04. The van der Waals surface area contributed by atoms with Gasteiger partial charge >= 0.3 is 0 Å². The van der Waals surface area contributed by atoms with Crippen molar-refractivity contribution in [1.29, 1.82) is 0 Å². The van der Waals surface area contributed by atoms with Crippen LogP contribution in [0.25, 0.3) is 22.3 Å². The van der Waals surface area contributed by atoms with E-state index in [0.717, 1.165) is 61.3 Å². The summed E-state index contributed by atoms with van der Waals surface area (Å²) in [6.07, 6.45) is 9.55. The number of hydrogen-bond donors (Lipinski definition) is 1. The fourth-order valence-corrected chi connectivity index (χ4v) is 5.12. The van der Waals surface area contributed by atoms with Crippen LogP contribution in [0.3, 0.4) is 0 Å². The molecule has 169 valence electrons. The molecule has 1 N–H and O–H groups in total. The van der Waals surface area contributed by atoms with Crippen molar-refractivity contribution < 1.29 is 4.39 Å². The molecule has 1 radical (unpaired) electrons. The topological polar surface area (TPSA) is 65.9 Å². The Bertz CT molecular complexity index is 1250. The van der Waals surface area contributed by atoms with E-state index < -0.39 is 0 Å². The number of piperidine rings is 1. The molecule has 0 spiro atoms. The highest BCUT2D eigenvalue weighted by molar-refractivity contribution is 6.31. The van der Waals surface area contributed by atoms with Crippen LogP contribution in [0, 0.1) is 11.9 Å². The van der Waals surface area contributed by atoms with Gasteiger partial charge in [-0.1, -0.05) is 17.7 Å². The zero-order valence-electron chi connectivity index (χ0n) is 18.1. The van der Waals surface area contributed by atoms with Crippen molar-refractivity contribution in [2.45, 2.75) is 25.4 Å². The standard InChI is InChI=1S/C24H24ClFN7/c25-21-2-1-3-22(26)20(21)14-31-8-5-17(6-9-31)32-12-18(13-32)33-11-16(10-30-33)23-19-4-7-27-24(19)29-15-28-23/h1-4,7,10-11,15,17H,5-6,8-9,12-14H2,(H,27,28,29). The largest absolute Gasteiger partial charge is 0.346 e. The van der Waals surface area contributed by atoms with Gasteiger partial charge in [0.25, 0.3) is 0 Å². The summed E-state index contributed by atoms with van der Waals surface area (Å²) in [5, 5.41) is 6.10. The summed E-state index contributed by atoms with van der Waals surface area (Å²) in [7, 11) is 0. The van der Waals surface area contributed by atoms with Gasteiger partial charge in [-0.05, 0) is 44.1 Å². The molecule has 4 aromatic rings. The van der Waals surface area contributed by atoms with Crippen LogP contribution >= 0.6 is 11.6 Å². The molecule has 9 heteroatoms. The fraction of sp³-hybridized carbons (Fsp3) is 0.333. The van der Waals surface area contributed by atoms with Gasteiger partial charge in [0.05, 0.1) is 11.9 Å². The minimum absolute atomic E-state index is 0.218. The van der Waals surface area contributed by atoms with Crippen LogP contribution in [0.5, 0.6) is 0 Å². The molecule has 0 amide bonds. The third-order valence-electron chi connectivity index (χ3n) is 6.82. The molecule has 3 aromatic heterocycles. The van der Waals surface area contributed by atoms with Gasteiger partial charge in [0.1, 0.15) is 23.8 Å². The molecular weight excluding hydrogens is 441 g/mol. The Morgan fingerprint density at radius 1 is 1.12 bits per heavy atom. The predicted molar refractivity (Wildman–Crippen MR) is 125 cm³/mol. The number of benzene rings is 1. The van der Waals surface area contributed by atoms with Crippen LogP contribution in [0.2, 0.25) is 5.02 Å². The molecule has 2 aliphatic rings. The van der Waals surface area contributed by atoms with Gasteiger partial charge in [-0.3, -0.25) is 14.5 Å². The molecule has 1 aromatic carbocycles. The Kier molecular flexibility index (Phi) is 5.36. The van der Waals surface area contributed by atoms with Crippen LogP contribution in [0.15, 0.2) is 49.2 Å². The fourth-order valence-electron chi connectivity index (χ4n) is 4.90. The summed E-state index contributed by atoms with van der Waals surface area (Å²) in [6, 6.07) is 8.74. The van der Waals surface area contributed by atoms with Gasteiger partial charge in [-0.25, -0.2) is 14.4 Å². The molecule has 2 saturated heterocycles. The Hall–Kier alpha value is -2.81. The van der Waals surface area contributed by atoms with E-state index in [1.807, 2.05) is 23.1 Å². The molecule has 0 atom stereocenters. The number of aromatic nitrogens is 5. The van der Waals surface area contributed by atoms with Crippen LogP contribution in [-0.4, -0.2) is 66.8 Å². The van der Waals surface area contributed by atoms with Crippen molar-refractivity contribution >= 4 is 22.6 Å². The third-order valence-corrected chi connectivity index (χ3v) is 7.18. The highest BCUT2D eigenvalue weighted by Gasteiger charge is 2.36. The maximum atomic E-state index is 14.1. The number of nitrogens with zero attached hydrogens (tertiary/aromatic N) is 6. The number of nitrogens with one attached hydrogen (secondary N) is 1. The molecule has 0 aliphatic carbocycles. The molecule has 6 rings (SSSR count). The first-order valence-electron chi connectivity index (χ1n) is 11.2. The minimum atomic E-state index is -0.218. The van der Waals surface area contributed by atoms with E-state index in [2.05, 4.69) is 36.0 Å². The second kappa shape index (κ2) is 8.52. The van der Waals surface area contributed by atoms with Crippen molar-refractivity contribution in [2.75, 3.05) is 26.2 Å². The molecule has 0 saturated carbocycles. The lowest BCUT2D eigenvalue weighted by Crippen LogP contribution is -2.56. The molecular formula is C24H24ClFN7. The summed E-state index contributed by atoms with van der Waals surface area (Å²) in [5.41, 5.74) is 3.32. The third kappa shape index (κ3) is 3.92. The molecule has 33 heavy (non-hydrogen) atoms. The maximum Gasteiger partial charge on any atom is 0.141 e. The predicted octanol–water partition coefficient (Wildman–Crippen LogP) is 3.97. The first-order chi connectivity index (χ1) is 16.2. The highest BCUT2D eigenvalue weighted by Crippen LogP contribution is 2.30. The van der Waals surface area contributed by atoms with Crippen molar-refractivity contribution in [2.24, 2.45) is 0 Å². The second-order valence-electron chi connectivity index (χ2n) is 8.81. The number of likely N-dealkylation sites (tertiary alicyclic amines) is 2. The summed E-state index contributed by atoms with van der Waals surface area (Å²) in [5.74, 6) is -0.218. The van der Waals surface area contributed by atoms with Gasteiger partial charge in [0, 0.05) is 59.6 Å². The van der Waals surface area contributed by atoms with E-state index in [9.17, 15) is 4.39 Å². The number of fused-ring (bicyclic) bond motifs is 1. The summed E-state index contributed by atoms with van der Waals surface area (Å²) < 4.78 is 16.1. The molecule has 7 nitrogen and oxygen atoms in total. The summed E-state index contributed by atoms with van der Waals surface area (Å²) in [6.45, 7) is 4.33. The van der Waals surface area contributed by atoms with Gasteiger partial charge in [-0.15, -0.1) is 0 Å². The van der Waals surface area contributed by atoms with Crippen LogP contribution in [0.4, 0.5) is 4.39 Å². The molecule has 5 heterocycles. The van der Waals surface area contributed by atoms with Gasteiger partial charge in [-0.2, -0.15) is 5.10 Å². The zero-order chi connectivity index (χ0) is 22.4. The van der Waals surface area contributed by atoms with Crippen molar-refractivity contribution in [3.8, 4) is 11.3 Å². The van der Waals surface area contributed by atoms with E-state index in [-0.39, 0.29) is 5.82 Å². The van der Waals surface area contributed by atoms with Gasteiger partial charge in [0.2, 0.25) is 0 Å². The van der Waals surface area contributed by atoms with Crippen molar-refractivity contribution in [1.82, 2.24) is 34.5 Å². The number of aromatic amines is 1. The van der Waals surface area contributed by atoms with Crippen molar-refractivity contribution in [3.05, 3.63) is 71.6 Å². The Morgan fingerprint density at radius 3 is 2.79 bits per heavy atom. The normalized spacial score (nSPS) is 18.7. The average Bonchev–Trinajstić information content (AvgIpc) is 3.46. The van der Waals surface area contributed by atoms with Gasteiger partial charge in [0.15, 0.2) is 0 Å². The van der Waals surface area contributed by atoms with E-state index in [1.165, 1.54) is 12.1 Å². The quantitative estimate of drug-likeness (QED) is 0.484. The average molecular weight is 465 g/mol. The Morgan fingerprint density at radius 2 is 1.97 bits per heavy atom. The van der Waals surface area contributed by atoms with E-state index in [1.54, 1.807) is 18.5 Å². The number of H-pyrrole nitrogens is 1. The molecule has 0 unspecified atom stereocenters. The second-order valence-corrected chi connectivity index (χ2v) is 9.22. The molecule has 0 bridgehead atoms. The van der Waals surface area contributed by atoms with Gasteiger partial charge < -0.3 is 4.98 Å². The smallest absolute Gasteiger partial charge is 0.141 e. The van der Waals surface area contributed by atoms with E-state index in [4.69, 9.17) is 11.6 Å². The monoisotopic (exact) mass is 464 g/mol. The number of hydrogen-bond acceptors (Lipinski definition) is 5. The minimum Gasteiger partial charge on any atom is -0.346 e. The van der Waals surface area contributed by atoms with E-state index >= 15 is 0 Å². The summed E-state index contributed by atoms with van der Waals surface area (Å²) >= 11 is 6.20. The van der Waals surface area contributed by atoms with Crippen molar-refractivity contribution in [3.63, 3.8) is 0 Å². The SMILES string of the molecule is Fc1cccc(Cl)c1CN1CCC(N2C[C](n3cc(-c4ncnc5[nH]ccc45)cn3)C2)CC1. The molecule has 2 fully saturated rings. The number of halogens is 2. The lowest BCUT2D eigenvalue weighted by Gasteiger charge is -2.46. The Labute approximate surface area is 196 Å². The molecule has 2 aliphatic heterocycles. The number of rotatable bonds is 5. The lowest BCUT2D eigenvalue weighted by atomic mass is 9.97. The maximum absolute atomic E-state index is 14.1. The lowest BCUT2D eigenvalue weighted by molar-refractivity contribution is 0.0666. The highest BCUT2D eigenvalue weighted by atomic mass is 35.5. The summed E-state index contributed by atoms with van der Waals surface area (Å²) in [4.78, 5) is 16.7. The van der Waals surface area contributed by atoms with Crippen LogP contribution < -0.4 is 0 Å². The van der Waals surface area contributed by atoms with Crippen LogP contribution in [0.1, 0.15) is 18.4 Å². The first kappa shape index (κ1) is 20.8.